The van der Waals surface area contributed by atoms with Crippen LogP contribution in [-0.4, -0.2) is 61.8 Å². The Bertz CT molecular complexity index is 228. The second kappa shape index (κ2) is 4.44. The molecule has 0 radical (unpaired) electrons. The van der Waals surface area contributed by atoms with Crippen LogP contribution >= 0.6 is 0 Å². The van der Waals surface area contributed by atoms with E-state index in [0.717, 1.165) is 0 Å². The van der Waals surface area contributed by atoms with E-state index < -0.39 is 30.0 Å². The highest BCUT2D eigenvalue weighted by Crippen LogP contribution is 2.09. The summed E-state index contributed by atoms with van der Waals surface area (Å²) in [5.74, 6) is -1.82. The molecular weight excluding hydrogens is 198 g/mol. The third-order valence-corrected chi connectivity index (χ3v) is 1.56. The fourth-order valence-corrected chi connectivity index (χ4v) is 0.662. The Hall–Kier alpha value is -1.06. The lowest BCUT2D eigenvalue weighted by Crippen LogP contribution is -2.60. The van der Waals surface area contributed by atoms with Gasteiger partial charge in [-0.3, -0.25) is 10.5 Å². The van der Waals surface area contributed by atoms with Gasteiger partial charge in [0.1, 0.15) is 12.2 Å². The summed E-state index contributed by atoms with van der Waals surface area (Å²) in [4.78, 5) is 20.2. The molecule has 0 unspecified atom stereocenters. The number of aliphatic hydroxyl groups excluding tert-OH is 3. The smallest absolute Gasteiger partial charge is 0.335 e. The number of nitrogens with two attached hydrogens (primary N) is 1. The molecule has 8 heteroatoms. The summed E-state index contributed by atoms with van der Waals surface area (Å²) in [7, 11) is 0. The van der Waals surface area contributed by atoms with Gasteiger partial charge in [-0.05, 0) is 0 Å². The van der Waals surface area contributed by atoms with Crippen LogP contribution in [-0.2, 0) is 9.59 Å². The molecule has 0 aliphatic rings. The highest BCUT2D eigenvalue weighted by molar-refractivity contribution is 5.73. The van der Waals surface area contributed by atoms with Crippen molar-refractivity contribution in [2.24, 2.45) is 5.73 Å². The Kier molecular flexibility index (Phi) is 4.10. The van der Waals surface area contributed by atoms with Crippen molar-refractivity contribution >= 4 is 12.3 Å². The van der Waals surface area contributed by atoms with E-state index in [4.69, 9.17) is 31.3 Å². The summed E-state index contributed by atoms with van der Waals surface area (Å²) >= 11 is 0. The van der Waals surface area contributed by atoms with Crippen LogP contribution < -0.4 is 5.73 Å². The highest BCUT2D eigenvalue weighted by Gasteiger charge is 2.41. The number of carbonyl (C=O) groups excluding carboxylic acids is 1. The van der Waals surface area contributed by atoms with Crippen LogP contribution in [0.25, 0.3) is 0 Å². The summed E-state index contributed by atoms with van der Waals surface area (Å²) in [5.41, 5.74) is 1.96. The van der Waals surface area contributed by atoms with E-state index in [9.17, 15) is 9.59 Å². The predicted octanol–water partition coefficient (Wildman–Crippen LogP) is -4.00. The number of carboxylic acids is 1. The lowest BCUT2D eigenvalue weighted by Gasteiger charge is -2.28. The van der Waals surface area contributed by atoms with Crippen LogP contribution in [0.2, 0.25) is 0 Å². The molecule has 0 aliphatic carbocycles. The summed E-state index contributed by atoms with van der Waals surface area (Å²) in [6.07, 6.45) is -7.20. The number of carbonyl (C=O) groups is 2. The minimum Gasteiger partial charge on any atom is -0.479 e. The normalized spacial score (nSPS) is 21.8. The standard InChI is InChI=1S/C6H11NO7/c7-6(14,1-8)4(11)2(9)3(10)5(12)13/h1-4,9-11,14H,7H2,(H,12,13)/t2-,3+,4+,6+/m1/s1. The monoisotopic (exact) mass is 209 g/mol. The fourth-order valence-electron chi connectivity index (χ4n) is 0.662. The first-order chi connectivity index (χ1) is 6.24. The van der Waals surface area contributed by atoms with Gasteiger partial charge in [-0.25, -0.2) is 4.79 Å². The number of rotatable bonds is 5. The average molecular weight is 209 g/mol. The Morgan fingerprint density at radius 1 is 1.36 bits per heavy atom. The maximum Gasteiger partial charge on any atom is 0.335 e. The molecule has 0 fully saturated rings. The van der Waals surface area contributed by atoms with Crippen LogP contribution in [0, 0.1) is 0 Å². The zero-order valence-corrected chi connectivity index (χ0v) is 6.94. The number of carboxylic acid groups (broad SMARTS) is 1. The molecule has 0 spiro atoms. The SMILES string of the molecule is N[C@](O)(C=O)[C@@H](O)[C@H](O)[C@H](O)C(=O)O. The molecule has 8 nitrogen and oxygen atoms in total. The summed E-state index contributed by atoms with van der Waals surface area (Å²) in [6.45, 7) is 0. The Morgan fingerprint density at radius 2 is 1.79 bits per heavy atom. The number of hydrogen-bond acceptors (Lipinski definition) is 7. The molecule has 0 aromatic rings. The van der Waals surface area contributed by atoms with Gasteiger partial charge < -0.3 is 25.5 Å². The van der Waals surface area contributed by atoms with Gasteiger partial charge in [0.15, 0.2) is 18.1 Å². The average Bonchev–Trinajstić information content (AvgIpc) is 2.14. The quantitative estimate of drug-likeness (QED) is 0.197. The highest BCUT2D eigenvalue weighted by atomic mass is 16.4. The predicted molar refractivity (Wildman–Crippen MR) is 40.9 cm³/mol. The first-order valence-electron chi connectivity index (χ1n) is 3.48. The maximum absolute atomic E-state index is 10.1. The minimum absolute atomic E-state index is 0.282. The third-order valence-electron chi connectivity index (χ3n) is 1.56. The molecule has 0 aliphatic heterocycles. The van der Waals surface area contributed by atoms with E-state index >= 15 is 0 Å². The van der Waals surface area contributed by atoms with Gasteiger partial charge >= 0.3 is 5.97 Å². The summed E-state index contributed by atoms with van der Waals surface area (Å²) in [5, 5.41) is 43.8. The molecule has 0 saturated heterocycles. The van der Waals surface area contributed by atoms with E-state index in [-0.39, 0.29) is 6.29 Å². The third kappa shape index (κ3) is 2.72. The van der Waals surface area contributed by atoms with Gasteiger partial charge in [0.2, 0.25) is 0 Å². The van der Waals surface area contributed by atoms with Gasteiger partial charge in [-0.15, -0.1) is 0 Å². The van der Waals surface area contributed by atoms with Crippen molar-refractivity contribution in [1.29, 1.82) is 0 Å². The number of aliphatic hydroxyl groups is 4. The minimum atomic E-state index is -2.81. The van der Waals surface area contributed by atoms with Gasteiger partial charge in [-0.2, -0.15) is 0 Å². The van der Waals surface area contributed by atoms with Crippen molar-refractivity contribution < 1.29 is 35.1 Å². The fraction of sp³-hybridized carbons (Fsp3) is 0.667. The molecule has 0 amide bonds. The van der Waals surface area contributed by atoms with E-state index in [2.05, 4.69) is 0 Å². The lowest BCUT2D eigenvalue weighted by molar-refractivity contribution is -0.175. The van der Waals surface area contributed by atoms with Crippen molar-refractivity contribution in [2.45, 2.75) is 24.0 Å². The first-order valence-corrected chi connectivity index (χ1v) is 3.48. The van der Waals surface area contributed by atoms with E-state index in [1.54, 1.807) is 0 Å². The van der Waals surface area contributed by atoms with Crippen LogP contribution in [0.3, 0.4) is 0 Å². The van der Waals surface area contributed by atoms with Gasteiger partial charge in [0, 0.05) is 0 Å². The first kappa shape index (κ1) is 12.9. The Labute approximate surface area is 78.2 Å². The molecule has 0 aromatic heterocycles. The Morgan fingerprint density at radius 3 is 2.07 bits per heavy atom. The second-order valence-corrected chi connectivity index (χ2v) is 2.72. The molecule has 14 heavy (non-hydrogen) atoms. The second-order valence-electron chi connectivity index (χ2n) is 2.72. The summed E-state index contributed by atoms with van der Waals surface area (Å²) in [6, 6.07) is 0. The molecular formula is C6H11NO7. The van der Waals surface area contributed by atoms with Crippen molar-refractivity contribution in [3.8, 4) is 0 Å². The van der Waals surface area contributed by atoms with Crippen molar-refractivity contribution in [2.75, 3.05) is 0 Å². The van der Waals surface area contributed by atoms with E-state index in [0.29, 0.717) is 0 Å². The maximum atomic E-state index is 10.1. The van der Waals surface area contributed by atoms with Gasteiger partial charge in [0.05, 0.1) is 0 Å². The number of aldehydes is 1. The molecule has 7 N–H and O–H groups in total. The van der Waals surface area contributed by atoms with Crippen LogP contribution in [0.1, 0.15) is 0 Å². The molecule has 4 atom stereocenters. The van der Waals surface area contributed by atoms with Crippen molar-refractivity contribution in [3.63, 3.8) is 0 Å². The van der Waals surface area contributed by atoms with Gasteiger partial charge in [-0.1, -0.05) is 0 Å². The topological polar surface area (TPSA) is 161 Å². The molecule has 82 valence electrons. The van der Waals surface area contributed by atoms with E-state index in [1.807, 2.05) is 0 Å². The number of hydrogen-bond donors (Lipinski definition) is 6. The molecule has 0 saturated carbocycles. The van der Waals surface area contributed by atoms with Crippen LogP contribution in [0.5, 0.6) is 0 Å². The molecule has 0 heterocycles. The van der Waals surface area contributed by atoms with Crippen LogP contribution in [0.4, 0.5) is 0 Å². The molecule has 0 aromatic carbocycles. The molecule has 0 rings (SSSR count). The van der Waals surface area contributed by atoms with Crippen LogP contribution in [0.15, 0.2) is 0 Å². The zero-order valence-electron chi connectivity index (χ0n) is 6.94. The van der Waals surface area contributed by atoms with Crippen molar-refractivity contribution in [3.05, 3.63) is 0 Å². The zero-order chi connectivity index (χ0) is 11.5. The number of aliphatic carboxylic acids is 1. The summed E-state index contributed by atoms with van der Waals surface area (Å²) < 4.78 is 0. The largest absolute Gasteiger partial charge is 0.479 e. The van der Waals surface area contributed by atoms with E-state index in [1.165, 1.54) is 0 Å². The Balaban J connectivity index is 4.61. The lowest BCUT2D eigenvalue weighted by atomic mass is 9.99. The molecule has 0 bridgehead atoms. The van der Waals surface area contributed by atoms with Crippen molar-refractivity contribution in [1.82, 2.24) is 0 Å². The van der Waals surface area contributed by atoms with Gasteiger partial charge in [0.25, 0.3) is 0 Å².